The van der Waals surface area contributed by atoms with Crippen LogP contribution < -0.4 is 11.1 Å². The summed E-state index contributed by atoms with van der Waals surface area (Å²) in [4.78, 5) is 21.1. The second kappa shape index (κ2) is 5.60. The van der Waals surface area contributed by atoms with E-state index in [-0.39, 0.29) is 17.9 Å². The van der Waals surface area contributed by atoms with Gasteiger partial charge in [0.2, 0.25) is 5.91 Å². The number of hydrogen-bond acceptors (Lipinski definition) is 6. The number of ether oxygens (including phenoxy) is 1. The summed E-state index contributed by atoms with van der Waals surface area (Å²) in [6.45, 7) is 4.76. The van der Waals surface area contributed by atoms with Gasteiger partial charge in [0.25, 0.3) is 0 Å². The highest BCUT2D eigenvalue weighted by atomic mass is 16.5. The van der Waals surface area contributed by atoms with E-state index in [4.69, 9.17) is 10.5 Å². The van der Waals surface area contributed by atoms with E-state index < -0.39 is 11.0 Å². The Morgan fingerprint density at radius 3 is 2.96 bits per heavy atom. The number of carbonyl (C=O) groups is 1. The van der Waals surface area contributed by atoms with Crippen molar-refractivity contribution in [1.82, 2.24) is 19.7 Å². The molecule has 8 heteroatoms. The summed E-state index contributed by atoms with van der Waals surface area (Å²) in [6.07, 6.45) is 6.51. The molecule has 0 aromatic carbocycles. The third kappa shape index (κ3) is 2.28. The normalized spacial score (nSPS) is 30.2. The zero-order valence-corrected chi connectivity index (χ0v) is 14.3. The SMILES string of the molecule is CC1(C)C2OCCCC2C1(N)C(=O)Nc1ccc(-n2cncn2)nc1. The Morgan fingerprint density at radius 1 is 1.44 bits per heavy atom. The zero-order valence-electron chi connectivity index (χ0n) is 14.3. The lowest BCUT2D eigenvalue weighted by Crippen LogP contribution is -2.81. The van der Waals surface area contributed by atoms with E-state index in [2.05, 4.69) is 20.4 Å². The molecule has 1 amide bonds. The van der Waals surface area contributed by atoms with Crippen molar-refractivity contribution < 1.29 is 9.53 Å². The van der Waals surface area contributed by atoms with Gasteiger partial charge in [0.15, 0.2) is 5.82 Å². The van der Waals surface area contributed by atoms with Gasteiger partial charge in [-0.05, 0) is 25.0 Å². The molecule has 2 aromatic heterocycles. The first-order chi connectivity index (χ1) is 11.9. The van der Waals surface area contributed by atoms with Crippen molar-refractivity contribution in [3.8, 4) is 5.82 Å². The molecule has 3 atom stereocenters. The van der Waals surface area contributed by atoms with Crippen LogP contribution >= 0.6 is 0 Å². The number of pyridine rings is 1. The second-order valence-electron chi connectivity index (χ2n) is 7.33. The summed E-state index contributed by atoms with van der Waals surface area (Å²) in [5, 5.41) is 6.94. The van der Waals surface area contributed by atoms with Crippen LogP contribution in [0.15, 0.2) is 31.0 Å². The fourth-order valence-corrected chi connectivity index (χ4v) is 4.19. The molecule has 1 aliphatic carbocycles. The molecule has 1 saturated carbocycles. The minimum absolute atomic E-state index is 0.0461. The minimum atomic E-state index is -0.942. The summed E-state index contributed by atoms with van der Waals surface area (Å²) in [6, 6.07) is 3.55. The summed E-state index contributed by atoms with van der Waals surface area (Å²) in [5.41, 5.74) is 5.86. The number of carbonyl (C=O) groups excluding carboxylic acids is 1. The van der Waals surface area contributed by atoms with Gasteiger partial charge >= 0.3 is 0 Å². The Balaban J connectivity index is 1.52. The predicted molar refractivity (Wildman–Crippen MR) is 90.9 cm³/mol. The molecule has 2 fully saturated rings. The largest absolute Gasteiger partial charge is 0.377 e. The quantitative estimate of drug-likeness (QED) is 0.866. The highest BCUT2D eigenvalue weighted by Crippen LogP contribution is 2.57. The van der Waals surface area contributed by atoms with Crippen LogP contribution in [-0.2, 0) is 9.53 Å². The van der Waals surface area contributed by atoms with Crippen LogP contribution in [0.5, 0.6) is 0 Å². The first-order valence-electron chi connectivity index (χ1n) is 8.47. The van der Waals surface area contributed by atoms with Gasteiger partial charge in [-0.25, -0.2) is 14.6 Å². The van der Waals surface area contributed by atoms with Gasteiger partial charge in [-0.15, -0.1) is 0 Å². The van der Waals surface area contributed by atoms with E-state index >= 15 is 0 Å². The van der Waals surface area contributed by atoms with E-state index in [1.165, 1.54) is 6.33 Å². The molecule has 3 heterocycles. The molecular formula is C17H22N6O2. The Morgan fingerprint density at radius 2 is 2.28 bits per heavy atom. The number of fused-ring (bicyclic) bond motifs is 1. The second-order valence-corrected chi connectivity index (χ2v) is 7.33. The van der Waals surface area contributed by atoms with Crippen LogP contribution in [0.2, 0.25) is 0 Å². The van der Waals surface area contributed by atoms with E-state index in [1.807, 2.05) is 13.8 Å². The van der Waals surface area contributed by atoms with Crippen LogP contribution in [0.3, 0.4) is 0 Å². The number of nitrogens with zero attached hydrogens (tertiary/aromatic N) is 4. The van der Waals surface area contributed by atoms with E-state index in [0.717, 1.165) is 19.4 Å². The van der Waals surface area contributed by atoms with Crippen molar-refractivity contribution in [2.24, 2.45) is 17.1 Å². The van der Waals surface area contributed by atoms with Gasteiger partial charge in [0.05, 0.1) is 18.0 Å². The third-order valence-corrected chi connectivity index (χ3v) is 5.72. The summed E-state index contributed by atoms with van der Waals surface area (Å²) in [5.74, 6) is 0.501. The van der Waals surface area contributed by atoms with Crippen LogP contribution in [0.25, 0.3) is 5.82 Å². The standard InChI is InChI=1S/C17H22N6O2/c1-16(2)14-12(4-3-7-25-14)17(16,18)15(24)22-11-5-6-13(20-8-11)23-10-19-9-21-23/h5-6,8-10,12,14H,3-4,7,18H2,1-2H3,(H,22,24). The molecule has 4 rings (SSSR count). The maximum Gasteiger partial charge on any atom is 0.245 e. The van der Waals surface area contributed by atoms with Crippen molar-refractivity contribution in [3.63, 3.8) is 0 Å². The molecule has 1 aliphatic heterocycles. The van der Waals surface area contributed by atoms with Crippen LogP contribution in [0.4, 0.5) is 5.69 Å². The molecule has 2 aromatic rings. The van der Waals surface area contributed by atoms with Gasteiger partial charge in [-0.1, -0.05) is 13.8 Å². The topological polar surface area (TPSA) is 108 Å². The van der Waals surface area contributed by atoms with Crippen LogP contribution in [0.1, 0.15) is 26.7 Å². The molecule has 0 bridgehead atoms. The third-order valence-electron chi connectivity index (χ3n) is 5.72. The Hall–Kier alpha value is -2.32. The van der Waals surface area contributed by atoms with E-state index in [1.54, 1.807) is 29.3 Å². The molecule has 2 aliphatic rings. The van der Waals surface area contributed by atoms with Crippen molar-refractivity contribution in [2.45, 2.75) is 38.3 Å². The Bertz CT molecular complexity index is 773. The first-order valence-corrected chi connectivity index (χ1v) is 8.47. The molecule has 3 N–H and O–H groups in total. The summed E-state index contributed by atoms with van der Waals surface area (Å²) < 4.78 is 7.41. The molecule has 0 spiro atoms. The number of nitrogens with two attached hydrogens (primary N) is 1. The van der Waals surface area contributed by atoms with E-state index in [0.29, 0.717) is 11.5 Å². The zero-order chi connectivity index (χ0) is 17.7. The number of rotatable bonds is 3. The highest BCUT2D eigenvalue weighted by Gasteiger charge is 2.70. The first kappa shape index (κ1) is 16.2. The number of amides is 1. The molecule has 25 heavy (non-hydrogen) atoms. The van der Waals surface area contributed by atoms with Crippen molar-refractivity contribution in [2.75, 3.05) is 11.9 Å². The average molecular weight is 342 g/mol. The van der Waals surface area contributed by atoms with Crippen LogP contribution in [0, 0.1) is 11.3 Å². The van der Waals surface area contributed by atoms with Gasteiger partial charge in [0, 0.05) is 17.9 Å². The smallest absolute Gasteiger partial charge is 0.245 e. The lowest BCUT2D eigenvalue weighted by atomic mass is 9.46. The molecule has 3 unspecified atom stereocenters. The van der Waals surface area contributed by atoms with Crippen molar-refractivity contribution in [3.05, 3.63) is 31.0 Å². The number of anilines is 1. The molecule has 0 radical (unpaired) electrons. The van der Waals surface area contributed by atoms with Crippen LogP contribution in [-0.4, -0.2) is 43.9 Å². The summed E-state index contributed by atoms with van der Waals surface area (Å²) in [7, 11) is 0. The molecule has 132 valence electrons. The van der Waals surface area contributed by atoms with Gasteiger partial charge in [-0.2, -0.15) is 5.10 Å². The fraction of sp³-hybridized carbons (Fsp3) is 0.529. The van der Waals surface area contributed by atoms with Gasteiger partial charge in [-0.3, -0.25) is 4.79 Å². The fourth-order valence-electron chi connectivity index (χ4n) is 4.19. The Kier molecular flexibility index (Phi) is 3.62. The summed E-state index contributed by atoms with van der Waals surface area (Å²) >= 11 is 0. The predicted octanol–water partition coefficient (Wildman–Crippen LogP) is 1.13. The monoisotopic (exact) mass is 342 g/mol. The number of aromatic nitrogens is 4. The van der Waals surface area contributed by atoms with E-state index in [9.17, 15) is 4.79 Å². The minimum Gasteiger partial charge on any atom is -0.377 e. The van der Waals surface area contributed by atoms with Crippen molar-refractivity contribution in [1.29, 1.82) is 0 Å². The maximum absolute atomic E-state index is 13.0. The Labute approximate surface area is 145 Å². The highest BCUT2D eigenvalue weighted by molar-refractivity contribution is 6.00. The molecular weight excluding hydrogens is 320 g/mol. The molecule has 8 nitrogen and oxygen atoms in total. The van der Waals surface area contributed by atoms with Gasteiger partial charge < -0.3 is 15.8 Å². The van der Waals surface area contributed by atoms with Crippen molar-refractivity contribution >= 4 is 11.6 Å². The maximum atomic E-state index is 13.0. The number of nitrogens with one attached hydrogen (secondary N) is 1. The lowest BCUT2D eigenvalue weighted by molar-refractivity contribution is -0.222. The number of hydrogen-bond donors (Lipinski definition) is 2. The lowest BCUT2D eigenvalue weighted by Gasteiger charge is -2.65. The average Bonchev–Trinajstić information content (AvgIpc) is 3.16. The van der Waals surface area contributed by atoms with Gasteiger partial charge in [0.1, 0.15) is 18.2 Å². The molecule has 1 saturated heterocycles.